The van der Waals surface area contributed by atoms with Gasteiger partial charge in [0.15, 0.2) is 11.5 Å². The molecular weight excluding hydrogens is 486 g/mol. The number of carbonyl (C=O) groups is 1. The van der Waals surface area contributed by atoms with Crippen LogP contribution in [0.5, 0.6) is 0 Å². The molecule has 180 valence electrons. The normalized spacial score (nSPS) is 12.9. The third-order valence-electron chi connectivity index (χ3n) is 4.30. The molecule has 0 unspecified atom stereocenters. The van der Waals surface area contributed by atoms with Crippen LogP contribution in [-0.2, 0) is 16.2 Å². The van der Waals surface area contributed by atoms with E-state index in [1.54, 1.807) is 35.8 Å². The van der Waals surface area contributed by atoms with Crippen molar-refractivity contribution in [1.29, 1.82) is 0 Å². The van der Waals surface area contributed by atoms with Crippen LogP contribution < -0.4 is 10.8 Å². The zero-order valence-corrected chi connectivity index (χ0v) is 17.8. The van der Waals surface area contributed by atoms with Crippen LogP contribution in [0.3, 0.4) is 0 Å². The predicted octanol–water partition coefficient (Wildman–Crippen LogP) is 3.37. The van der Waals surface area contributed by atoms with Crippen LogP contribution in [0.1, 0.15) is 23.0 Å². The average molecular weight is 502 g/mol. The molecule has 1 atom stereocenters. The number of nitrogens with one attached hydrogen (secondary N) is 2. The van der Waals surface area contributed by atoms with Crippen molar-refractivity contribution in [2.24, 2.45) is 4.99 Å². The molecule has 0 fully saturated rings. The van der Waals surface area contributed by atoms with Crippen molar-refractivity contribution < 1.29 is 36.9 Å². The van der Waals surface area contributed by atoms with Crippen molar-refractivity contribution in [2.75, 3.05) is 6.61 Å². The monoisotopic (exact) mass is 501 g/mol. The number of nitrogens with zero attached hydrogens (tertiary/aromatic N) is 3. The molecule has 3 N–H and O–H groups in total. The first-order chi connectivity index (χ1) is 16.2. The van der Waals surface area contributed by atoms with Crippen molar-refractivity contribution in [2.45, 2.75) is 18.8 Å². The molecule has 9 nitrogen and oxygen atoms in total. The molecule has 2 aromatic carbocycles. The Balaban J connectivity index is 1.87. The van der Waals surface area contributed by atoms with Gasteiger partial charge in [0.2, 0.25) is 0 Å². The average Bonchev–Trinajstić information content (AvgIpc) is 3.27. The molecule has 0 aliphatic rings. The number of hydroxylamine groups is 1. The van der Waals surface area contributed by atoms with Gasteiger partial charge in [-0.25, -0.2) is 18.8 Å². The Morgan fingerprint density at radius 3 is 2.59 bits per heavy atom. The molecule has 3 rings (SSSR count). The smallest absolute Gasteiger partial charge is 0.394 e. The number of benzene rings is 2. The summed E-state index contributed by atoms with van der Waals surface area (Å²) in [6, 6.07) is 11.6. The molecule has 0 aliphatic carbocycles. The molecule has 14 heteroatoms. The van der Waals surface area contributed by atoms with E-state index in [9.17, 15) is 27.5 Å². The molecule has 0 amide bonds. The van der Waals surface area contributed by atoms with Gasteiger partial charge in [-0.3, -0.25) is 0 Å². The number of halogens is 5. The van der Waals surface area contributed by atoms with E-state index in [0.29, 0.717) is 0 Å². The lowest BCUT2D eigenvalue weighted by atomic mass is 10.1. The summed E-state index contributed by atoms with van der Waals surface area (Å²) in [5.41, 5.74) is 2.38. The Morgan fingerprint density at radius 2 is 1.94 bits per heavy atom. The minimum atomic E-state index is -5.28. The van der Waals surface area contributed by atoms with E-state index in [-0.39, 0.29) is 35.2 Å². The standard InChI is InChI=1S/C20H16ClF4N5O4/c21-13-8-12(6-7-14(13)22)27-18(30-33-19(32)20(23,24)25)17-15(28-34-29-17)9-26-16(10-31)11-4-2-1-3-5-11/h1-8,16,26,31H,9-10H2,(H,27,30)/t16-/m0/s1. The predicted molar refractivity (Wildman–Crippen MR) is 110 cm³/mol. The quantitative estimate of drug-likeness (QED) is 0.195. The number of aliphatic hydroxyl groups excluding tert-OH is 1. The Hall–Kier alpha value is -3.55. The molecule has 1 heterocycles. The number of rotatable bonds is 7. The lowest BCUT2D eigenvalue weighted by Gasteiger charge is -2.16. The number of alkyl halides is 3. The van der Waals surface area contributed by atoms with Gasteiger partial charge >= 0.3 is 12.1 Å². The summed E-state index contributed by atoms with van der Waals surface area (Å²) in [4.78, 5) is 19.2. The Labute approximate surface area is 194 Å². The zero-order chi connectivity index (χ0) is 24.7. The molecule has 0 radical (unpaired) electrons. The summed E-state index contributed by atoms with van der Waals surface area (Å²) in [6.07, 6.45) is -5.28. The Kier molecular flexibility index (Phi) is 8.15. The largest absolute Gasteiger partial charge is 0.493 e. The highest BCUT2D eigenvalue weighted by molar-refractivity contribution is 6.31. The van der Waals surface area contributed by atoms with E-state index in [2.05, 4.69) is 30.1 Å². The summed E-state index contributed by atoms with van der Waals surface area (Å²) in [5.74, 6) is -3.79. The number of carbonyl (C=O) groups excluding carboxylic acids is 1. The summed E-state index contributed by atoms with van der Waals surface area (Å²) in [6.45, 7) is -0.349. The van der Waals surface area contributed by atoms with Crippen LogP contribution in [0.15, 0.2) is 58.2 Å². The number of aliphatic imine (C=N–C) groups is 1. The highest BCUT2D eigenvalue weighted by atomic mass is 35.5. The number of aromatic nitrogens is 2. The van der Waals surface area contributed by atoms with Crippen molar-refractivity contribution in [3.05, 3.63) is 76.3 Å². The molecular formula is C20H16ClF4N5O4. The fourth-order valence-corrected chi connectivity index (χ4v) is 2.83. The molecule has 3 aromatic rings. The van der Waals surface area contributed by atoms with Crippen LogP contribution in [0.4, 0.5) is 23.2 Å². The lowest BCUT2D eigenvalue weighted by molar-refractivity contribution is -0.203. The topological polar surface area (TPSA) is 122 Å². The van der Waals surface area contributed by atoms with E-state index in [4.69, 9.17) is 11.6 Å². The van der Waals surface area contributed by atoms with Gasteiger partial charge in [-0.2, -0.15) is 18.7 Å². The van der Waals surface area contributed by atoms with Crippen LogP contribution >= 0.6 is 11.6 Å². The highest BCUT2D eigenvalue weighted by Gasteiger charge is 2.42. The van der Waals surface area contributed by atoms with Gasteiger partial charge < -0.3 is 15.3 Å². The second-order valence-corrected chi connectivity index (χ2v) is 7.04. The summed E-state index contributed by atoms with van der Waals surface area (Å²) < 4.78 is 55.8. The number of amidine groups is 1. The molecule has 0 spiro atoms. The fourth-order valence-electron chi connectivity index (χ4n) is 2.66. The third-order valence-corrected chi connectivity index (χ3v) is 4.59. The first-order valence-corrected chi connectivity index (χ1v) is 9.85. The maximum Gasteiger partial charge on any atom is 0.493 e. The summed E-state index contributed by atoms with van der Waals surface area (Å²) in [7, 11) is 0. The van der Waals surface area contributed by atoms with E-state index in [1.165, 1.54) is 6.07 Å². The van der Waals surface area contributed by atoms with Gasteiger partial charge in [-0.1, -0.05) is 47.1 Å². The van der Waals surface area contributed by atoms with Gasteiger partial charge in [-0.15, -0.1) is 0 Å². The zero-order valence-electron chi connectivity index (χ0n) is 17.0. The minimum Gasteiger partial charge on any atom is -0.394 e. The highest BCUT2D eigenvalue weighted by Crippen LogP contribution is 2.23. The number of aliphatic hydroxyl groups is 1. The molecule has 34 heavy (non-hydrogen) atoms. The van der Waals surface area contributed by atoms with Crippen LogP contribution in [0.2, 0.25) is 5.02 Å². The van der Waals surface area contributed by atoms with Gasteiger partial charge in [0.05, 0.1) is 23.4 Å². The van der Waals surface area contributed by atoms with Gasteiger partial charge in [-0.05, 0) is 28.9 Å². The van der Waals surface area contributed by atoms with Crippen molar-refractivity contribution >= 4 is 29.1 Å². The minimum absolute atomic E-state index is 0.00335. The summed E-state index contributed by atoms with van der Waals surface area (Å²) in [5, 5.41) is 19.7. The van der Waals surface area contributed by atoms with Gasteiger partial charge in [0.25, 0.3) is 0 Å². The molecule has 0 saturated carbocycles. The molecule has 0 bridgehead atoms. The lowest BCUT2D eigenvalue weighted by Crippen LogP contribution is -2.35. The third kappa shape index (κ3) is 6.50. The van der Waals surface area contributed by atoms with Crippen LogP contribution in [0, 0.1) is 5.82 Å². The van der Waals surface area contributed by atoms with Crippen molar-refractivity contribution in [3.63, 3.8) is 0 Å². The van der Waals surface area contributed by atoms with E-state index >= 15 is 0 Å². The molecule has 0 saturated heterocycles. The SMILES string of the molecule is O=C(ONC(=Nc1ccc(F)c(Cl)c1)c1nonc1CN[C@@H](CO)c1ccccc1)C(F)(F)F. The maximum atomic E-state index is 13.5. The molecule has 1 aromatic heterocycles. The van der Waals surface area contributed by atoms with Gasteiger partial charge in [0.1, 0.15) is 11.5 Å². The van der Waals surface area contributed by atoms with E-state index in [1.807, 2.05) is 0 Å². The van der Waals surface area contributed by atoms with Crippen molar-refractivity contribution in [3.8, 4) is 0 Å². The number of hydrogen-bond acceptors (Lipinski definition) is 8. The van der Waals surface area contributed by atoms with E-state index in [0.717, 1.165) is 17.7 Å². The first-order valence-electron chi connectivity index (χ1n) is 9.47. The fraction of sp³-hybridized carbons (Fsp3) is 0.200. The Morgan fingerprint density at radius 1 is 1.21 bits per heavy atom. The first kappa shape index (κ1) is 25.1. The molecule has 0 aliphatic heterocycles. The van der Waals surface area contributed by atoms with E-state index < -0.39 is 29.8 Å². The second-order valence-electron chi connectivity index (χ2n) is 6.63. The number of hydrogen-bond donors (Lipinski definition) is 3. The second kappa shape index (κ2) is 11.0. The summed E-state index contributed by atoms with van der Waals surface area (Å²) >= 11 is 5.72. The van der Waals surface area contributed by atoms with Crippen LogP contribution in [-0.4, -0.2) is 40.0 Å². The maximum absolute atomic E-state index is 13.5. The van der Waals surface area contributed by atoms with Gasteiger partial charge in [0, 0.05) is 6.54 Å². The Bertz CT molecular complexity index is 1160. The van der Waals surface area contributed by atoms with Crippen LogP contribution in [0.25, 0.3) is 0 Å². The van der Waals surface area contributed by atoms with Crippen molar-refractivity contribution in [1.82, 2.24) is 21.1 Å².